The van der Waals surface area contributed by atoms with Crippen molar-refractivity contribution >= 4 is 11.6 Å². The summed E-state index contributed by atoms with van der Waals surface area (Å²) < 4.78 is 5.55. The van der Waals surface area contributed by atoms with E-state index in [0.717, 1.165) is 22.3 Å². The van der Waals surface area contributed by atoms with Crippen LogP contribution in [0.4, 0.5) is 0 Å². The summed E-state index contributed by atoms with van der Waals surface area (Å²) in [5, 5.41) is 8.04. The molecule has 6 heteroatoms. The molecule has 22 heavy (non-hydrogen) atoms. The molecule has 117 valence electrons. The zero-order valence-electron chi connectivity index (χ0n) is 13.8. The Morgan fingerprint density at radius 2 is 1.73 bits per heavy atom. The van der Waals surface area contributed by atoms with E-state index >= 15 is 0 Å². The van der Waals surface area contributed by atoms with Gasteiger partial charge in [-0.15, -0.1) is 11.1 Å². The number of nitrogens with zero attached hydrogens (tertiary/aromatic N) is 2. The third-order valence-electron chi connectivity index (χ3n) is 4.00. The summed E-state index contributed by atoms with van der Waals surface area (Å²) in [4.78, 5) is 10.1. The SMILES string of the molecule is [CH2-]c1c(C)c(C)c(C)c(C)c1/C(=N\OC)C1=NOCCO1.[Y]. The summed E-state index contributed by atoms with van der Waals surface area (Å²) in [6.07, 6.45) is 0. The zero-order chi connectivity index (χ0) is 15.6. The maximum absolute atomic E-state index is 5.55. The molecule has 1 heterocycles. The van der Waals surface area contributed by atoms with Crippen molar-refractivity contribution in [3.8, 4) is 0 Å². The number of oxime groups is 2. The van der Waals surface area contributed by atoms with Crippen molar-refractivity contribution in [1.29, 1.82) is 0 Å². The van der Waals surface area contributed by atoms with Crippen LogP contribution >= 0.6 is 0 Å². The molecule has 0 unspecified atom stereocenters. The molecule has 0 bridgehead atoms. The minimum Gasteiger partial charge on any atom is -0.471 e. The molecule has 0 saturated carbocycles. The topological polar surface area (TPSA) is 52.4 Å². The smallest absolute Gasteiger partial charge is 0.267 e. The van der Waals surface area contributed by atoms with E-state index in [9.17, 15) is 0 Å². The van der Waals surface area contributed by atoms with Crippen LogP contribution in [0.3, 0.4) is 0 Å². The number of ether oxygens (including phenoxy) is 1. The van der Waals surface area contributed by atoms with Gasteiger partial charge in [0.05, 0.1) is 0 Å². The van der Waals surface area contributed by atoms with Gasteiger partial charge in [0.25, 0.3) is 5.90 Å². The van der Waals surface area contributed by atoms with E-state index < -0.39 is 0 Å². The minimum absolute atomic E-state index is 0. The van der Waals surface area contributed by atoms with Gasteiger partial charge in [-0.1, -0.05) is 42.6 Å². The van der Waals surface area contributed by atoms with E-state index in [-0.39, 0.29) is 32.7 Å². The van der Waals surface area contributed by atoms with Gasteiger partial charge >= 0.3 is 0 Å². The fourth-order valence-electron chi connectivity index (χ4n) is 2.41. The second-order valence-corrected chi connectivity index (χ2v) is 5.05. The van der Waals surface area contributed by atoms with Crippen molar-refractivity contribution < 1.29 is 47.1 Å². The average Bonchev–Trinajstić information content (AvgIpc) is 2.51. The summed E-state index contributed by atoms with van der Waals surface area (Å²) in [6, 6.07) is 0. The largest absolute Gasteiger partial charge is 0.471 e. The Hall–Kier alpha value is -1.07. The number of rotatable bonds is 3. The van der Waals surface area contributed by atoms with Crippen molar-refractivity contribution in [1.82, 2.24) is 0 Å². The molecule has 2 rings (SSSR count). The van der Waals surface area contributed by atoms with Crippen LogP contribution in [0.1, 0.15) is 33.4 Å². The molecule has 0 amide bonds. The van der Waals surface area contributed by atoms with Crippen LogP contribution < -0.4 is 0 Å². The van der Waals surface area contributed by atoms with Gasteiger partial charge in [0, 0.05) is 32.7 Å². The van der Waals surface area contributed by atoms with E-state index in [0.29, 0.717) is 24.8 Å². The fraction of sp³-hybridized carbons (Fsp3) is 0.438. The quantitative estimate of drug-likeness (QED) is 0.462. The summed E-state index contributed by atoms with van der Waals surface area (Å²) in [7, 11) is 1.50. The van der Waals surface area contributed by atoms with Gasteiger partial charge in [-0.3, -0.25) is 0 Å². The molecule has 1 radical (unpaired) electrons. The van der Waals surface area contributed by atoms with E-state index in [1.165, 1.54) is 18.2 Å². The van der Waals surface area contributed by atoms with Crippen LogP contribution in [0.5, 0.6) is 0 Å². The number of hydrogen-bond acceptors (Lipinski definition) is 5. The Kier molecular flexibility index (Phi) is 6.88. The summed E-state index contributed by atoms with van der Waals surface area (Å²) in [5.74, 6) is 0.332. The molecular weight excluding hydrogens is 357 g/mol. The minimum atomic E-state index is 0. The third kappa shape index (κ3) is 3.46. The van der Waals surface area contributed by atoms with Gasteiger partial charge in [-0.05, 0) is 12.1 Å². The molecule has 5 nitrogen and oxygen atoms in total. The van der Waals surface area contributed by atoms with Crippen LogP contribution in [-0.4, -0.2) is 31.9 Å². The van der Waals surface area contributed by atoms with Gasteiger partial charge in [0.2, 0.25) is 0 Å². The van der Waals surface area contributed by atoms with E-state index in [2.05, 4.69) is 38.0 Å². The number of hydrogen-bond donors (Lipinski definition) is 0. The predicted molar refractivity (Wildman–Crippen MR) is 82.7 cm³/mol. The van der Waals surface area contributed by atoms with E-state index in [1.807, 2.05) is 6.92 Å². The first-order valence-electron chi connectivity index (χ1n) is 6.86. The van der Waals surface area contributed by atoms with Crippen molar-refractivity contribution in [3.05, 3.63) is 40.3 Å². The first kappa shape index (κ1) is 19.0. The van der Waals surface area contributed by atoms with E-state index in [4.69, 9.17) is 14.4 Å². The molecule has 1 aromatic rings. The molecule has 0 fully saturated rings. The molecule has 1 aliphatic rings. The van der Waals surface area contributed by atoms with Gasteiger partial charge in [-0.2, -0.15) is 12.5 Å². The second-order valence-electron chi connectivity index (χ2n) is 5.05. The van der Waals surface area contributed by atoms with Crippen LogP contribution in [0.15, 0.2) is 10.3 Å². The fourth-order valence-corrected chi connectivity index (χ4v) is 2.41. The summed E-state index contributed by atoms with van der Waals surface area (Å²) in [6.45, 7) is 13.4. The molecule has 0 N–H and O–H groups in total. The van der Waals surface area contributed by atoms with Crippen molar-refractivity contribution in [2.24, 2.45) is 10.3 Å². The average molecular weight is 378 g/mol. The van der Waals surface area contributed by atoms with Gasteiger partial charge < -0.3 is 14.4 Å². The molecule has 1 aromatic carbocycles. The monoisotopic (exact) mass is 378 g/mol. The molecule has 0 atom stereocenters. The van der Waals surface area contributed by atoms with Crippen molar-refractivity contribution in [3.63, 3.8) is 0 Å². The van der Waals surface area contributed by atoms with E-state index in [1.54, 1.807) is 0 Å². The van der Waals surface area contributed by atoms with Crippen molar-refractivity contribution in [2.75, 3.05) is 20.3 Å². The predicted octanol–water partition coefficient (Wildman–Crippen LogP) is 2.81. The maximum Gasteiger partial charge on any atom is 0.267 e. The Morgan fingerprint density at radius 3 is 2.27 bits per heavy atom. The Bertz CT molecular complexity index is 595. The van der Waals surface area contributed by atoms with Crippen LogP contribution in [0.2, 0.25) is 0 Å². The van der Waals surface area contributed by atoms with Crippen LogP contribution in [-0.2, 0) is 47.1 Å². The maximum atomic E-state index is 5.55. The third-order valence-corrected chi connectivity index (χ3v) is 4.00. The van der Waals surface area contributed by atoms with Crippen molar-refractivity contribution in [2.45, 2.75) is 27.7 Å². The van der Waals surface area contributed by atoms with Gasteiger partial charge in [0.15, 0.2) is 6.61 Å². The Morgan fingerprint density at radius 1 is 1.09 bits per heavy atom. The molecule has 1 aliphatic heterocycles. The summed E-state index contributed by atoms with van der Waals surface area (Å²) >= 11 is 0. The Balaban J connectivity index is 0.00000242. The van der Waals surface area contributed by atoms with Gasteiger partial charge in [0.1, 0.15) is 19.4 Å². The first-order valence-corrected chi connectivity index (χ1v) is 6.86. The Labute approximate surface area is 156 Å². The molecule has 0 aliphatic carbocycles. The first-order chi connectivity index (χ1) is 9.99. The molecule has 0 aromatic heterocycles. The standard InChI is InChI=1S/C16H21N2O3.Y/c1-9-10(2)12(4)14(13(5)11(9)3)15(17-19-6)16-18-21-8-7-20-16;/h4,7-8H2,1-3,5-6H3;/q-1;/b17-15+;. The van der Waals surface area contributed by atoms with Gasteiger partial charge in [-0.25, -0.2) is 0 Å². The molecule has 0 saturated heterocycles. The molecular formula is C16H21N2O3Y-. The second kappa shape index (κ2) is 7.98. The normalized spacial score (nSPS) is 14.4. The van der Waals surface area contributed by atoms with Crippen LogP contribution in [0.25, 0.3) is 0 Å². The van der Waals surface area contributed by atoms with Crippen LogP contribution in [0, 0.1) is 34.6 Å². The molecule has 0 spiro atoms. The zero-order valence-corrected chi connectivity index (χ0v) is 16.7. The summed E-state index contributed by atoms with van der Waals surface area (Å²) in [5.41, 5.74) is 6.98. The number of benzene rings is 1.